The number of ether oxygens (including phenoxy) is 1. The second-order valence-corrected chi connectivity index (χ2v) is 6.84. The van der Waals surface area contributed by atoms with Crippen LogP contribution >= 0.6 is 0 Å². The summed E-state index contributed by atoms with van der Waals surface area (Å²) in [6.07, 6.45) is 2.13. The van der Waals surface area contributed by atoms with Crippen molar-refractivity contribution in [3.8, 4) is 11.8 Å². The SMILES string of the molecule is CCN(CC)c1ccc(N/C=C(/C#N)C(=O)NCCc2ccc(OC)cc2)c(C)c1. The maximum Gasteiger partial charge on any atom is 0.263 e. The third-order valence-electron chi connectivity index (χ3n) is 4.93. The maximum absolute atomic E-state index is 12.3. The summed E-state index contributed by atoms with van der Waals surface area (Å²) in [6, 6.07) is 15.8. The van der Waals surface area contributed by atoms with Gasteiger partial charge in [-0.3, -0.25) is 4.79 Å². The molecule has 2 rings (SSSR count). The number of amides is 1. The molecule has 6 nitrogen and oxygen atoms in total. The lowest BCUT2D eigenvalue weighted by atomic mass is 10.1. The molecule has 0 heterocycles. The van der Waals surface area contributed by atoms with Crippen LogP contribution in [0.2, 0.25) is 0 Å². The first-order valence-electron chi connectivity index (χ1n) is 10.2. The lowest BCUT2D eigenvalue weighted by Gasteiger charge is -2.22. The number of hydrogen-bond donors (Lipinski definition) is 2. The van der Waals surface area contributed by atoms with Crippen molar-refractivity contribution in [2.45, 2.75) is 27.2 Å². The first kappa shape index (κ1) is 22.8. The summed E-state index contributed by atoms with van der Waals surface area (Å²) < 4.78 is 5.14. The van der Waals surface area contributed by atoms with Gasteiger partial charge in [0.15, 0.2) is 0 Å². The fourth-order valence-electron chi connectivity index (χ4n) is 3.10. The van der Waals surface area contributed by atoms with E-state index in [1.807, 2.05) is 49.4 Å². The van der Waals surface area contributed by atoms with Crippen molar-refractivity contribution >= 4 is 17.3 Å². The zero-order valence-electron chi connectivity index (χ0n) is 18.2. The first-order chi connectivity index (χ1) is 14.5. The van der Waals surface area contributed by atoms with Gasteiger partial charge in [0, 0.05) is 37.2 Å². The third kappa shape index (κ3) is 6.28. The number of hydrogen-bond acceptors (Lipinski definition) is 5. The van der Waals surface area contributed by atoms with E-state index in [0.717, 1.165) is 41.3 Å². The number of carbonyl (C=O) groups excluding carboxylic acids is 1. The van der Waals surface area contributed by atoms with Gasteiger partial charge in [0.25, 0.3) is 5.91 Å². The van der Waals surface area contributed by atoms with E-state index in [-0.39, 0.29) is 5.57 Å². The van der Waals surface area contributed by atoms with Gasteiger partial charge < -0.3 is 20.3 Å². The summed E-state index contributed by atoms with van der Waals surface area (Å²) in [5.41, 5.74) is 4.19. The van der Waals surface area contributed by atoms with Crippen molar-refractivity contribution in [3.05, 3.63) is 65.4 Å². The molecule has 0 fully saturated rings. The molecule has 0 aromatic heterocycles. The third-order valence-corrected chi connectivity index (χ3v) is 4.93. The van der Waals surface area contributed by atoms with Gasteiger partial charge in [0.2, 0.25) is 0 Å². The van der Waals surface area contributed by atoms with Gasteiger partial charge in [-0.25, -0.2) is 0 Å². The van der Waals surface area contributed by atoms with E-state index < -0.39 is 5.91 Å². The lowest BCUT2D eigenvalue weighted by Crippen LogP contribution is -2.27. The van der Waals surface area contributed by atoms with Crippen LogP contribution in [0, 0.1) is 18.3 Å². The monoisotopic (exact) mass is 406 g/mol. The molecule has 30 heavy (non-hydrogen) atoms. The Morgan fingerprint density at radius 1 is 1.17 bits per heavy atom. The van der Waals surface area contributed by atoms with E-state index in [0.29, 0.717) is 13.0 Å². The summed E-state index contributed by atoms with van der Waals surface area (Å²) in [6.45, 7) is 8.59. The number of rotatable bonds is 10. The molecule has 0 bridgehead atoms. The molecule has 0 aliphatic rings. The standard InChI is InChI=1S/C24H30N4O2/c1-5-28(6-2)21-9-12-23(18(3)15-21)27-17-20(16-25)24(29)26-14-13-19-7-10-22(30-4)11-8-19/h7-12,15,17,27H,5-6,13-14H2,1-4H3,(H,26,29)/b20-17-. The molecule has 0 aliphatic heterocycles. The van der Waals surface area contributed by atoms with E-state index in [1.165, 1.54) is 6.20 Å². The Morgan fingerprint density at radius 2 is 1.87 bits per heavy atom. The number of carbonyl (C=O) groups is 1. The Kier molecular flexibility index (Phi) is 8.76. The maximum atomic E-state index is 12.3. The number of nitrogens with zero attached hydrogens (tertiary/aromatic N) is 2. The van der Waals surface area contributed by atoms with E-state index in [1.54, 1.807) is 7.11 Å². The molecule has 0 aliphatic carbocycles. The van der Waals surface area contributed by atoms with Crippen molar-refractivity contribution in [2.75, 3.05) is 37.0 Å². The highest BCUT2D eigenvalue weighted by Gasteiger charge is 2.09. The van der Waals surface area contributed by atoms with Crippen LogP contribution in [0.15, 0.2) is 54.2 Å². The molecule has 0 saturated carbocycles. The number of methoxy groups -OCH3 is 1. The van der Waals surface area contributed by atoms with Crippen LogP contribution in [0.5, 0.6) is 5.75 Å². The molecular weight excluding hydrogens is 376 g/mol. The summed E-state index contributed by atoms with van der Waals surface area (Å²) in [5.74, 6) is 0.403. The van der Waals surface area contributed by atoms with E-state index >= 15 is 0 Å². The van der Waals surface area contributed by atoms with Gasteiger partial charge in [-0.05, 0) is 68.7 Å². The van der Waals surface area contributed by atoms with Gasteiger partial charge in [-0.2, -0.15) is 5.26 Å². The van der Waals surface area contributed by atoms with Crippen LogP contribution in [0.1, 0.15) is 25.0 Å². The second-order valence-electron chi connectivity index (χ2n) is 6.84. The Balaban J connectivity index is 1.94. The van der Waals surface area contributed by atoms with Crippen molar-refractivity contribution in [2.24, 2.45) is 0 Å². The quantitative estimate of drug-likeness (QED) is 0.460. The van der Waals surface area contributed by atoms with Gasteiger partial charge in [0.05, 0.1) is 7.11 Å². The largest absolute Gasteiger partial charge is 0.497 e. The zero-order valence-corrected chi connectivity index (χ0v) is 18.2. The van der Waals surface area contributed by atoms with Gasteiger partial charge >= 0.3 is 0 Å². The Hall–Kier alpha value is -3.46. The van der Waals surface area contributed by atoms with Gasteiger partial charge in [0.1, 0.15) is 17.4 Å². The van der Waals surface area contributed by atoms with Crippen LogP contribution in [-0.2, 0) is 11.2 Å². The molecular formula is C24H30N4O2. The van der Waals surface area contributed by atoms with Crippen LogP contribution in [0.25, 0.3) is 0 Å². The van der Waals surface area contributed by atoms with Crippen molar-refractivity contribution in [3.63, 3.8) is 0 Å². The molecule has 0 atom stereocenters. The topological polar surface area (TPSA) is 77.4 Å². The lowest BCUT2D eigenvalue weighted by molar-refractivity contribution is -0.117. The van der Waals surface area contributed by atoms with Crippen molar-refractivity contribution in [1.29, 1.82) is 5.26 Å². The highest BCUT2D eigenvalue weighted by molar-refractivity contribution is 5.97. The van der Waals surface area contributed by atoms with Crippen molar-refractivity contribution < 1.29 is 9.53 Å². The Bertz CT molecular complexity index is 910. The number of aryl methyl sites for hydroxylation is 1. The number of anilines is 2. The van der Waals surface area contributed by atoms with Gasteiger partial charge in [-0.15, -0.1) is 0 Å². The van der Waals surface area contributed by atoms with Crippen LogP contribution in [0.4, 0.5) is 11.4 Å². The zero-order chi connectivity index (χ0) is 21.9. The van der Waals surface area contributed by atoms with Crippen LogP contribution < -0.4 is 20.3 Å². The Labute approximate surface area is 179 Å². The summed E-state index contributed by atoms with van der Waals surface area (Å²) in [4.78, 5) is 14.6. The van der Waals surface area contributed by atoms with Crippen LogP contribution in [0.3, 0.4) is 0 Å². The first-order valence-corrected chi connectivity index (χ1v) is 10.2. The predicted molar refractivity (Wildman–Crippen MR) is 122 cm³/mol. The fraction of sp³-hybridized carbons (Fsp3) is 0.333. The summed E-state index contributed by atoms with van der Waals surface area (Å²) >= 11 is 0. The van der Waals surface area contributed by atoms with E-state index in [2.05, 4.69) is 35.4 Å². The molecule has 1 amide bonds. The van der Waals surface area contributed by atoms with E-state index in [9.17, 15) is 10.1 Å². The molecule has 2 aromatic rings. The smallest absolute Gasteiger partial charge is 0.263 e. The predicted octanol–water partition coefficient (Wildman–Crippen LogP) is 4.03. The summed E-state index contributed by atoms with van der Waals surface area (Å²) in [7, 11) is 1.62. The molecule has 0 saturated heterocycles. The van der Waals surface area contributed by atoms with Gasteiger partial charge in [-0.1, -0.05) is 12.1 Å². The molecule has 0 radical (unpaired) electrons. The second kappa shape index (κ2) is 11.5. The van der Waals surface area contributed by atoms with Crippen molar-refractivity contribution in [1.82, 2.24) is 5.32 Å². The molecule has 0 unspecified atom stereocenters. The highest BCUT2D eigenvalue weighted by Crippen LogP contribution is 2.23. The Morgan fingerprint density at radius 3 is 2.43 bits per heavy atom. The minimum atomic E-state index is -0.393. The normalized spacial score (nSPS) is 10.8. The molecule has 6 heteroatoms. The number of nitrogens with one attached hydrogen (secondary N) is 2. The minimum Gasteiger partial charge on any atom is -0.497 e. The highest BCUT2D eigenvalue weighted by atomic mass is 16.5. The van der Waals surface area contributed by atoms with E-state index in [4.69, 9.17) is 4.74 Å². The average molecular weight is 407 g/mol. The number of benzene rings is 2. The average Bonchev–Trinajstić information content (AvgIpc) is 2.76. The summed E-state index contributed by atoms with van der Waals surface area (Å²) in [5, 5.41) is 15.2. The number of nitriles is 1. The molecule has 158 valence electrons. The fourth-order valence-corrected chi connectivity index (χ4v) is 3.10. The molecule has 2 N–H and O–H groups in total. The minimum absolute atomic E-state index is 0.0388. The molecule has 0 spiro atoms. The molecule has 2 aromatic carbocycles. The van der Waals surface area contributed by atoms with Crippen LogP contribution in [-0.4, -0.2) is 32.7 Å².